The number of hydrogen-bond acceptors (Lipinski definition) is 4. The fourth-order valence-electron chi connectivity index (χ4n) is 2.30. The van der Waals surface area contributed by atoms with E-state index < -0.39 is 12.1 Å². The molecule has 0 aliphatic carbocycles. The van der Waals surface area contributed by atoms with E-state index in [2.05, 4.69) is 0 Å². The number of fused-ring (bicyclic) bond motifs is 1. The minimum Gasteiger partial charge on any atom is -0.493 e. The van der Waals surface area contributed by atoms with Gasteiger partial charge in [0.25, 0.3) is 0 Å². The number of methoxy groups -OCH3 is 1. The van der Waals surface area contributed by atoms with E-state index in [1.165, 1.54) is 7.11 Å². The van der Waals surface area contributed by atoms with Gasteiger partial charge in [-0.3, -0.25) is 0 Å². The van der Waals surface area contributed by atoms with Crippen molar-refractivity contribution in [2.24, 2.45) is 0 Å². The summed E-state index contributed by atoms with van der Waals surface area (Å²) < 4.78 is 16.2. The molecule has 0 saturated carbocycles. The zero-order valence-electron chi connectivity index (χ0n) is 11.3. The average Bonchev–Trinajstić information content (AvgIpc) is 2.69. The van der Waals surface area contributed by atoms with Gasteiger partial charge in [0.15, 0.2) is 6.10 Å². The summed E-state index contributed by atoms with van der Waals surface area (Å²) in [5, 5.41) is 9.20. The molecule has 0 bridgehead atoms. The van der Waals surface area contributed by atoms with Crippen LogP contribution in [0, 0.1) is 0 Å². The normalized spacial score (nSPS) is 18.6. The van der Waals surface area contributed by atoms with Gasteiger partial charge in [0.1, 0.15) is 17.6 Å². The highest BCUT2D eigenvalue weighted by Gasteiger charge is 2.28. The first-order chi connectivity index (χ1) is 9.06. The van der Waals surface area contributed by atoms with Gasteiger partial charge in [-0.1, -0.05) is 0 Å². The number of hydrogen-bond donors (Lipinski definition) is 1. The van der Waals surface area contributed by atoms with Crippen molar-refractivity contribution < 1.29 is 24.1 Å². The Morgan fingerprint density at radius 1 is 1.58 bits per heavy atom. The minimum absolute atomic E-state index is 0.102. The number of ether oxygens (including phenoxy) is 3. The Morgan fingerprint density at radius 2 is 2.32 bits per heavy atom. The second-order valence-corrected chi connectivity index (χ2v) is 4.52. The molecule has 1 aliphatic rings. The molecule has 0 aromatic heterocycles. The first-order valence-corrected chi connectivity index (χ1v) is 6.28. The lowest BCUT2D eigenvalue weighted by molar-refractivity contribution is -0.149. The third-order valence-electron chi connectivity index (χ3n) is 3.07. The molecule has 2 atom stereocenters. The van der Waals surface area contributed by atoms with Crippen LogP contribution >= 0.6 is 0 Å². The Bertz CT molecular complexity index is 483. The van der Waals surface area contributed by atoms with Crippen molar-refractivity contribution in [2.45, 2.75) is 32.5 Å². The molecule has 1 heterocycles. The van der Waals surface area contributed by atoms with Gasteiger partial charge in [-0.15, -0.1) is 0 Å². The summed E-state index contributed by atoms with van der Waals surface area (Å²) in [7, 11) is 1.37. The molecule has 5 heteroatoms. The van der Waals surface area contributed by atoms with Crippen LogP contribution in [-0.2, 0) is 16.0 Å². The van der Waals surface area contributed by atoms with Crippen molar-refractivity contribution in [1.29, 1.82) is 0 Å². The van der Waals surface area contributed by atoms with Crippen LogP contribution in [0.4, 0.5) is 0 Å². The Hall–Kier alpha value is -1.75. The fraction of sp³-hybridized carbons (Fsp3) is 0.500. The number of carboxylic acids is 1. The van der Waals surface area contributed by atoms with Crippen molar-refractivity contribution in [3.63, 3.8) is 0 Å². The highest BCUT2D eigenvalue weighted by molar-refractivity contribution is 5.76. The van der Waals surface area contributed by atoms with Crippen LogP contribution in [0.25, 0.3) is 0 Å². The molecule has 2 unspecified atom stereocenters. The topological polar surface area (TPSA) is 65.0 Å². The van der Waals surface area contributed by atoms with E-state index in [9.17, 15) is 9.90 Å². The van der Waals surface area contributed by atoms with Crippen LogP contribution in [-0.4, -0.2) is 30.9 Å². The van der Waals surface area contributed by atoms with E-state index >= 15 is 0 Å². The molecule has 5 nitrogen and oxygen atoms in total. The van der Waals surface area contributed by atoms with Gasteiger partial charge in [0.2, 0.25) is 0 Å². The number of carboxylic acid groups (broad SMARTS) is 1. The number of rotatable bonds is 5. The Kier molecular flexibility index (Phi) is 3.95. The van der Waals surface area contributed by atoms with E-state index in [1.54, 1.807) is 6.07 Å². The molecule has 19 heavy (non-hydrogen) atoms. The zero-order valence-corrected chi connectivity index (χ0v) is 11.3. The van der Waals surface area contributed by atoms with Crippen LogP contribution < -0.4 is 9.47 Å². The summed E-state index contributed by atoms with van der Waals surface area (Å²) in [4.78, 5) is 11.2. The summed E-state index contributed by atoms with van der Waals surface area (Å²) in [6.45, 7) is 4.31. The molecule has 1 aromatic rings. The van der Waals surface area contributed by atoms with Crippen LogP contribution in [0.2, 0.25) is 0 Å². The van der Waals surface area contributed by atoms with E-state index in [0.717, 1.165) is 12.0 Å². The van der Waals surface area contributed by atoms with Gasteiger partial charge in [0.05, 0.1) is 6.61 Å². The second-order valence-electron chi connectivity index (χ2n) is 4.52. The fourth-order valence-corrected chi connectivity index (χ4v) is 2.30. The molecule has 0 amide bonds. The van der Waals surface area contributed by atoms with Crippen molar-refractivity contribution in [1.82, 2.24) is 0 Å². The Labute approximate surface area is 112 Å². The van der Waals surface area contributed by atoms with Gasteiger partial charge in [0, 0.05) is 24.7 Å². The molecule has 2 rings (SSSR count). The lowest BCUT2D eigenvalue weighted by Crippen LogP contribution is -2.15. The third kappa shape index (κ3) is 2.66. The van der Waals surface area contributed by atoms with E-state index in [-0.39, 0.29) is 6.10 Å². The average molecular weight is 266 g/mol. The monoisotopic (exact) mass is 266 g/mol. The van der Waals surface area contributed by atoms with Crippen LogP contribution in [0.3, 0.4) is 0 Å². The predicted octanol–water partition coefficient (Wildman–Crippen LogP) is 2.18. The Balaban J connectivity index is 2.46. The van der Waals surface area contributed by atoms with Gasteiger partial charge in [-0.25, -0.2) is 4.79 Å². The predicted molar refractivity (Wildman–Crippen MR) is 68.8 cm³/mol. The van der Waals surface area contributed by atoms with E-state index in [1.807, 2.05) is 19.9 Å². The first kappa shape index (κ1) is 13.7. The minimum atomic E-state index is -1.05. The molecule has 1 N–H and O–H groups in total. The van der Waals surface area contributed by atoms with Crippen LogP contribution in [0.5, 0.6) is 11.5 Å². The molecule has 0 spiro atoms. The molecule has 1 aromatic carbocycles. The van der Waals surface area contributed by atoms with E-state index in [0.29, 0.717) is 23.7 Å². The Morgan fingerprint density at radius 3 is 2.89 bits per heavy atom. The van der Waals surface area contributed by atoms with Crippen molar-refractivity contribution in [2.75, 3.05) is 13.7 Å². The van der Waals surface area contributed by atoms with Crippen molar-refractivity contribution in [3.05, 3.63) is 23.3 Å². The first-order valence-electron chi connectivity index (χ1n) is 6.28. The maximum Gasteiger partial charge on any atom is 0.337 e. The van der Waals surface area contributed by atoms with Crippen LogP contribution in [0.15, 0.2) is 12.1 Å². The second kappa shape index (κ2) is 5.48. The summed E-state index contributed by atoms with van der Waals surface area (Å²) in [6, 6.07) is 3.57. The molecular weight excluding hydrogens is 248 g/mol. The SMILES string of the molecule is CCOc1cc2c(cc1C(OC)C(=O)O)OC(C)C2. The molecule has 1 aliphatic heterocycles. The molecular formula is C14H18O5. The zero-order chi connectivity index (χ0) is 14.0. The van der Waals surface area contributed by atoms with Crippen molar-refractivity contribution >= 4 is 5.97 Å². The largest absolute Gasteiger partial charge is 0.493 e. The lowest BCUT2D eigenvalue weighted by atomic mass is 10.0. The van der Waals surface area contributed by atoms with Crippen LogP contribution in [0.1, 0.15) is 31.1 Å². The molecule has 104 valence electrons. The standard InChI is InChI=1S/C14H18O5/c1-4-18-12-6-9-5-8(2)19-11(9)7-10(12)13(17-3)14(15)16/h6-8,13H,4-5H2,1-3H3,(H,15,16). The lowest BCUT2D eigenvalue weighted by Gasteiger charge is -2.17. The highest BCUT2D eigenvalue weighted by atomic mass is 16.5. The molecule has 0 saturated heterocycles. The van der Waals surface area contributed by atoms with Gasteiger partial charge in [-0.05, 0) is 26.0 Å². The number of aliphatic carboxylic acids is 1. The van der Waals surface area contributed by atoms with Gasteiger partial charge >= 0.3 is 5.97 Å². The summed E-state index contributed by atoms with van der Waals surface area (Å²) in [5.74, 6) is 0.219. The maximum atomic E-state index is 11.2. The summed E-state index contributed by atoms with van der Waals surface area (Å²) in [6.07, 6.45) is -0.141. The van der Waals surface area contributed by atoms with Gasteiger partial charge < -0.3 is 19.3 Å². The summed E-state index contributed by atoms with van der Waals surface area (Å²) in [5.41, 5.74) is 1.53. The third-order valence-corrected chi connectivity index (χ3v) is 3.07. The summed E-state index contributed by atoms with van der Waals surface area (Å²) >= 11 is 0. The quantitative estimate of drug-likeness (QED) is 0.885. The number of carbonyl (C=O) groups is 1. The smallest absolute Gasteiger partial charge is 0.337 e. The van der Waals surface area contributed by atoms with Gasteiger partial charge in [-0.2, -0.15) is 0 Å². The maximum absolute atomic E-state index is 11.2. The number of benzene rings is 1. The molecule has 0 radical (unpaired) electrons. The molecule has 0 fully saturated rings. The van der Waals surface area contributed by atoms with Crippen molar-refractivity contribution in [3.8, 4) is 11.5 Å². The highest BCUT2D eigenvalue weighted by Crippen LogP contribution is 2.38. The van der Waals surface area contributed by atoms with E-state index in [4.69, 9.17) is 14.2 Å².